The molecule has 0 saturated heterocycles. The van der Waals surface area contributed by atoms with Gasteiger partial charge in [-0.1, -0.05) is 23.7 Å². The number of carboxylic acid groups (broad SMARTS) is 1. The summed E-state index contributed by atoms with van der Waals surface area (Å²) in [5, 5.41) is 9.62. The summed E-state index contributed by atoms with van der Waals surface area (Å²) < 4.78 is 0. The lowest BCUT2D eigenvalue weighted by atomic mass is 9.91. The van der Waals surface area contributed by atoms with Gasteiger partial charge >= 0.3 is 5.97 Å². The third-order valence-electron chi connectivity index (χ3n) is 2.35. The van der Waals surface area contributed by atoms with Crippen molar-refractivity contribution in [3.8, 4) is 0 Å². The number of rotatable bonds is 1. The predicted octanol–water partition coefficient (Wildman–Crippen LogP) is 2.75. The molecular weight excluding hydrogens is 200 g/mol. The molecule has 0 unspecified atom stereocenters. The Kier molecular flexibility index (Phi) is 2.30. The number of benzene rings is 1. The molecule has 1 N–H and O–H groups in total. The molecule has 14 heavy (non-hydrogen) atoms. The molecule has 1 aromatic rings. The van der Waals surface area contributed by atoms with Gasteiger partial charge in [-0.15, -0.1) is 0 Å². The highest BCUT2D eigenvalue weighted by Gasteiger charge is 2.17. The quantitative estimate of drug-likeness (QED) is 0.771. The maximum Gasteiger partial charge on any atom is 0.335 e. The maximum atomic E-state index is 10.9. The average molecular weight is 209 g/mol. The molecule has 0 saturated carbocycles. The van der Waals surface area contributed by atoms with Crippen LogP contribution in [0.4, 0.5) is 0 Å². The van der Waals surface area contributed by atoms with Gasteiger partial charge < -0.3 is 5.11 Å². The van der Waals surface area contributed by atoms with E-state index in [4.69, 9.17) is 16.7 Å². The number of carboxylic acids is 1. The molecule has 0 spiro atoms. The number of fused-ring (bicyclic) bond motifs is 1. The molecule has 0 atom stereocenters. The van der Waals surface area contributed by atoms with Crippen molar-refractivity contribution in [3.63, 3.8) is 0 Å². The van der Waals surface area contributed by atoms with E-state index >= 15 is 0 Å². The molecule has 1 aliphatic rings. The molecule has 72 valence electrons. The summed E-state index contributed by atoms with van der Waals surface area (Å²) in [4.78, 5) is 10.9. The van der Waals surface area contributed by atoms with Gasteiger partial charge in [-0.2, -0.15) is 0 Å². The van der Waals surface area contributed by atoms with Crippen molar-refractivity contribution in [1.82, 2.24) is 0 Å². The molecule has 0 radical (unpaired) electrons. The second kappa shape index (κ2) is 3.46. The molecule has 3 heteroatoms. The Morgan fingerprint density at radius 1 is 1.43 bits per heavy atom. The van der Waals surface area contributed by atoms with Crippen molar-refractivity contribution in [2.45, 2.75) is 12.8 Å². The van der Waals surface area contributed by atoms with Gasteiger partial charge in [0.1, 0.15) is 0 Å². The molecule has 0 aromatic heterocycles. The summed E-state index contributed by atoms with van der Waals surface area (Å²) in [7, 11) is 0. The van der Waals surface area contributed by atoms with Crippen molar-refractivity contribution in [2.75, 3.05) is 0 Å². The fourth-order valence-corrected chi connectivity index (χ4v) is 1.91. The summed E-state index contributed by atoms with van der Waals surface area (Å²) in [5.74, 6) is -0.867. The summed E-state index contributed by atoms with van der Waals surface area (Å²) in [5.41, 5.74) is 2.22. The third-order valence-corrected chi connectivity index (χ3v) is 2.59. The fraction of sp³-hybridized carbons (Fsp3) is 0.182. The Bertz CT molecular complexity index is 421. The zero-order chi connectivity index (χ0) is 10.1. The number of aliphatic carboxylic acids is 1. The Hall–Kier alpha value is -1.28. The molecule has 2 nitrogen and oxygen atoms in total. The second-order valence-corrected chi connectivity index (χ2v) is 3.70. The molecule has 0 aliphatic heterocycles. The van der Waals surface area contributed by atoms with Crippen LogP contribution in [0.25, 0.3) is 5.57 Å². The van der Waals surface area contributed by atoms with E-state index in [2.05, 4.69) is 0 Å². The van der Waals surface area contributed by atoms with Crippen LogP contribution in [-0.4, -0.2) is 11.1 Å². The lowest BCUT2D eigenvalue weighted by Gasteiger charge is -2.14. The highest BCUT2D eigenvalue weighted by atomic mass is 35.5. The van der Waals surface area contributed by atoms with Gasteiger partial charge in [0.2, 0.25) is 0 Å². The number of hydrogen-bond acceptors (Lipinski definition) is 1. The van der Waals surface area contributed by atoms with Crippen LogP contribution in [0.15, 0.2) is 24.3 Å². The van der Waals surface area contributed by atoms with Gasteiger partial charge in [0.25, 0.3) is 0 Å². The van der Waals surface area contributed by atoms with Crippen LogP contribution in [0.5, 0.6) is 0 Å². The number of aryl methyl sites for hydroxylation is 1. The van der Waals surface area contributed by atoms with Crippen molar-refractivity contribution in [1.29, 1.82) is 0 Å². The summed E-state index contributed by atoms with van der Waals surface area (Å²) in [6.45, 7) is 0. The van der Waals surface area contributed by atoms with E-state index in [9.17, 15) is 4.79 Å². The van der Waals surface area contributed by atoms with Gasteiger partial charge in [0.15, 0.2) is 0 Å². The highest BCUT2D eigenvalue weighted by Crippen LogP contribution is 2.28. The molecule has 0 heterocycles. The molecule has 0 fully saturated rings. The van der Waals surface area contributed by atoms with E-state index < -0.39 is 5.97 Å². The van der Waals surface area contributed by atoms with Gasteiger partial charge in [0, 0.05) is 5.02 Å². The molecule has 1 aliphatic carbocycles. The summed E-state index contributed by atoms with van der Waals surface area (Å²) >= 11 is 5.84. The summed E-state index contributed by atoms with van der Waals surface area (Å²) in [6.07, 6.45) is 3.40. The number of halogens is 1. The minimum atomic E-state index is -0.867. The number of allylic oxidation sites excluding steroid dienone is 1. The Morgan fingerprint density at radius 3 is 2.93 bits per heavy atom. The minimum absolute atomic E-state index is 0.392. The molecule has 2 rings (SSSR count). The summed E-state index contributed by atoms with van der Waals surface area (Å²) in [6, 6.07) is 5.34. The van der Waals surface area contributed by atoms with Crippen LogP contribution >= 0.6 is 11.6 Å². The maximum absolute atomic E-state index is 10.9. The fourth-order valence-electron chi connectivity index (χ4n) is 1.72. The molecule has 0 bridgehead atoms. The SMILES string of the molecule is O=C(O)C1=CCCc2cc(Cl)ccc21. The lowest BCUT2D eigenvalue weighted by molar-refractivity contribution is -0.130. The van der Waals surface area contributed by atoms with Crippen LogP contribution in [0.3, 0.4) is 0 Å². The first-order chi connectivity index (χ1) is 6.68. The van der Waals surface area contributed by atoms with E-state index in [1.807, 2.05) is 6.07 Å². The number of carbonyl (C=O) groups is 1. The zero-order valence-corrected chi connectivity index (χ0v) is 8.21. The van der Waals surface area contributed by atoms with Crippen molar-refractivity contribution in [2.24, 2.45) is 0 Å². The first-order valence-corrected chi connectivity index (χ1v) is 4.78. The standard InChI is InChI=1S/C11H9ClO2/c12-8-4-5-9-7(6-8)2-1-3-10(9)11(13)14/h3-6H,1-2H2,(H,13,14). The Balaban J connectivity index is 2.54. The molecule has 0 amide bonds. The second-order valence-electron chi connectivity index (χ2n) is 3.26. The van der Waals surface area contributed by atoms with Gasteiger partial charge in [-0.05, 0) is 36.1 Å². The highest BCUT2D eigenvalue weighted by molar-refractivity contribution is 6.30. The van der Waals surface area contributed by atoms with E-state index in [0.717, 1.165) is 24.0 Å². The van der Waals surface area contributed by atoms with Gasteiger partial charge in [0.05, 0.1) is 5.57 Å². The van der Waals surface area contributed by atoms with Crippen LogP contribution in [0.2, 0.25) is 5.02 Å². The predicted molar refractivity (Wildman–Crippen MR) is 55.4 cm³/mol. The first-order valence-electron chi connectivity index (χ1n) is 4.41. The number of hydrogen-bond donors (Lipinski definition) is 1. The monoisotopic (exact) mass is 208 g/mol. The van der Waals surface area contributed by atoms with Crippen molar-refractivity contribution >= 4 is 23.1 Å². The van der Waals surface area contributed by atoms with Crippen LogP contribution in [0, 0.1) is 0 Å². The minimum Gasteiger partial charge on any atom is -0.478 e. The van der Waals surface area contributed by atoms with Crippen LogP contribution < -0.4 is 0 Å². The van der Waals surface area contributed by atoms with Crippen molar-refractivity contribution < 1.29 is 9.90 Å². The van der Waals surface area contributed by atoms with Gasteiger partial charge in [-0.25, -0.2) is 4.79 Å². The third kappa shape index (κ3) is 1.53. The van der Waals surface area contributed by atoms with Crippen molar-refractivity contribution in [3.05, 3.63) is 40.4 Å². The largest absolute Gasteiger partial charge is 0.478 e. The van der Waals surface area contributed by atoms with Crippen LogP contribution in [-0.2, 0) is 11.2 Å². The molecule has 1 aromatic carbocycles. The average Bonchev–Trinajstić information content (AvgIpc) is 2.16. The Labute approximate surface area is 86.8 Å². The lowest BCUT2D eigenvalue weighted by Crippen LogP contribution is -2.07. The van der Waals surface area contributed by atoms with Crippen LogP contribution in [0.1, 0.15) is 17.5 Å². The smallest absolute Gasteiger partial charge is 0.335 e. The Morgan fingerprint density at radius 2 is 2.21 bits per heavy atom. The first kappa shape index (κ1) is 9.28. The molecular formula is C11H9ClO2. The normalized spacial score (nSPS) is 14.5. The van der Waals surface area contributed by atoms with E-state index in [1.54, 1.807) is 18.2 Å². The van der Waals surface area contributed by atoms with E-state index in [1.165, 1.54) is 0 Å². The van der Waals surface area contributed by atoms with E-state index in [-0.39, 0.29) is 0 Å². The van der Waals surface area contributed by atoms with E-state index in [0.29, 0.717) is 10.6 Å². The topological polar surface area (TPSA) is 37.3 Å². The zero-order valence-electron chi connectivity index (χ0n) is 7.46. The van der Waals surface area contributed by atoms with Gasteiger partial charge in [-0.3, -0.25) is 0 Å².